The van der Waals surface area contributed by atoms with Gasteiger partial charge in [0.2, 0.25) is 11.8 Å². The third-order valence-corrected chi connectivity index (χ3v) is 3.45. The number of halogens is 1. The lowest BCUT2D eigenvalue weighted by molar-refractivity contribution is -0.131. The fourth-order valence-electron chi connectivity index (χ4n) is 2.08. The van der Waals surface area contributed by atoms with Gasteiger partial charge in [0.15, 0.2) is 11.5 Å². The average Bonchev–Trinajstić information content (AvgIpc) is 2.53. The number of nitrogens with zero attached hydrogens (tertiary/aromatic N) is 1. The summed E-state index contributed by atoms with van der Waals surface area (Å²) in [5.41, 5.74) is 0.693. The molecule has 7 heteroatoms. The van der Waals surface area contributed by atoms with Gasteiger partial charge in [-0.3, -0.25) is 9.59 Å². The molecular formula is C18H25ClN2O4. The van der Waals surface area contributed by atoms with E-state index >= 15 is 0 Å². The van der Waals surface area contributed by atoms with Crippen LogP contribution in [0.15, 0.2) is 18.2 Å². The molecule has 0 unspecified atom stereocenters. The monoisotopic (exact) mass is 368 g/mol. The highest BCUT2D eigenvalue weighted by Crippen LogP contribution is 2.36. The largest absolute Gasteiger partial charge is 0.493 e. The fourth-order valence-corrected chi connectivity index (χ4v) is 2.35. The van der Waals surface area contributed by atoms with E-state index in [-0.39, 0.29) is 24.4 Å². The van der Waals surface area contributed by atoms with E-state index < -0.39 is 0 Å². The molecule has 1 aromatic rings. The fraction of sp³-hybridized carbons (Fsp3) is 0.444. The van der Waals surface area contributed by atoms with Crippen molar-refractivity contribution in [1.82, 2.24) is 10.2 Å². The van der Waals surface area contributed by atoms with Gasteiger partial charge in [-0.05, 0) is 44.5 Å². The molecule has 1 rings (SSSR count). The summed E-state index contributed by atoms with van der Waals surface area (Å²) in [6, 6.07) is 3.45. The molecule has 0 aliphatic heterocycles. The maximum atomic E-state index is 12.1. The Balaban J connectivity index is 2.82. The number of likely N-dealkylation sites (N-methyl/N-ethyl adjacent to an activating group) is 1. The Morgan fingerprint density at radius 2 is 2.04 bits per heavy atom. The van der Waals surface area contributed by atoms with Crippen LogP contribution in [-0.4, -0.2) is 50.1 Å². The van der Waals surface area contributed by atoms with Crippen LogP contribution in [-0.2, 0) is 9.59 Å². The predicted octanol–water partition coefficient (Wildman–Crippen LogP) is 2.74. The maximum Gasteiger partial charge on any atom is 0.246 e. The van der Waals surface area contributed by atoms with Crippen LogP contribution in [0.2, 0.25) is 5.02 Å². The number of hydrogen-bond donors (Lipinski definition) is 1. The Kier molecular flexibility index (Phi) is 8.28. The number of methoxy groups -OCH3 is 1. The second-order valence-electron chi connectivity index (χ2n) is 5.72. The number of rotatable bonds is 8. The minimum atomic E-state index is -0.289. The molecule has 0 aromatic heterocycles. The van der Waals surface area contributed by atoms with E-state index in [0.717, 1.165) is 0 Å². The van der Waals surface area contributed by atoms with Gasteiger partial charge in [-0.1, -0.05) is 11.6 Å². The van der Waals surface area contributed by atoms with Crippen LogP contribution in [0.25, 0.3) is 6.08 Å². The Bertz CT molecular complexity index is 644. The second-order valence-corrected chi connectivity index (χ2v) is 6.12. The summed E-state index contributed by atoms with van der Waals surface area (Å²) in [4.78, 5) is 25.1. The van der Waals surface area contributed by atoms with E-state index in [1.165, 1.54) is 18.1 Å². The third-order valence-electron chi connectivity index (χ3n) is 3.17. The first-order valence-electron chi connectivity index (χ1n) is 8.01. The third kappa shape index (κ3) is 6.66. The first-order valence-corrected chi connectivity index (χ1v) is 8.39. The summed E-state index contributed by atoms with van der Waals surface area (Å²) in [5, 5.41) is 3.14. The number of carbonyl (C=O) groups is 2. The van der Waals surface area contributed by atoms with Gasteiger partial charge in [-0.25, -0.2) is 0 Å². The predicted molar refractivity (Wildman–Crippen MR) is 99.1 cm³/mol. The highest BCUT2D eigenvalue weighted by molar-refractivity contribution is 6.32. The molecule has 0 heterocycles. The summed E-state index contributed by atoms with van der Waals surface area (Å²) >= 11 is 6.20. The quantitative estimate of drug-likeness (QED) is 0.716. The van der Waals surface area contributed by atoms with Gasteiger partial charge in [0.05, 0.1) is 25.3 Å². The lowest BCUT2D eigenvalue weighted by atomic mass is 10.2. The van der Waals surface area contributed by atoms with E-state index in [1.54, 1.807) is 25.3 Å². The zero-order valence-electron chi connectivity index (χ0n) is 15.3. The van der Waals surface area contributed by atoms with Gasteiger partial charge < -0.3 is 19.7 Å². The summed E-state index contributed by atoms with van der Waals surface area (Å²) in [6.45, 7) is 6.04. The molecule has 0 atom stereocenters. The molecule has 138 valence electrons. The van der Waals surface area contributed by atoms with Gasteiger partial charge in [-0.15, -0.1) is 0 Å². The summed E-state index contributed by atoms with van der Waals surface area (Å²) in [5.74, 6) is 0.469. The van der Waals surface area contributed by atoms with Crippen molar-refractivity contribution in [3.8, 4) is 11.5 Å². The molecule has 25 heavy (non-hydrogen) atoms. The first kappa shape index (κ1) is 20.8. The number of ether oxygens (including phenoxy) is 2. The number of amides is 2. The Morgan fingerprint density at radius 3 is 2.60 bits per heavy atom. The minimum absolute atomic E-state index is 0.00525. The van der Waals surface area contributed by atoms with Gasteiger partial charge in [0, 0.05) is 19.2 Å². The second kappa shape index (κ2) is 9.93. The molecule has 2 amide bonds. The summed E-state index contributed by atoms with van der Waals surface area (Å²) in [6.07, 6.45) is 3.00. The van der Waals surface area contributed by atoms with Crippen molar-refractivity contribution < 1.29 is 19.1 Å². The molecule has 0 saturated carbocycles. The zero-order valence-corrected chi connectivity index (χ0v) is 16.0. The topological polar surface area (TPSA) is 67.9 Å². The highest BCUT2D eigenvalue weighted by Gasteiger charge is 2.13. The number of nitrogens with one attached hydrogen (secondary N) is 1. The van der Waals surface area contributed by atoms with Gasteiger partial charge in [0.1, 0.15) is 0 Å². The average molecular weight is 369 g/mol. The molecule has 0 saturated heterocycles. The van der Waals surface area contributed by atoms with Crippen LogP contribution in [0.3, 0.4) is 0 Å². The van der Waals surface area contributed by atoms with Crippen LogP contribution in [0.5, 0.6) is 11.5 Å². The number of carbonyl (C=O) groups excluding carboxylic acids is 2. The van der Waals surface area contributed by atoms with E-state index in [9.17, 15) is 9.59 Å². The normalized spacial score (nSPS) is 10.8. The zero-order chi connectivity index (χ0) is 19.0. The molecule has 0 fully saturated rings. The highest BCUT2D eigenvalue weighted by atomic mass is 35.5. The smallest absolute Gasteiger partial charge is 0.246 e. The molecule has 1 aromatic carbocycles. The van der Waals surface area contributed by atoms with E-state index in [0.29, 0.717) is 28.7 Å². The van der Waals surface area contributed by atoms with Crippen LogP contribution < -0.4 is 14.8 Å². The Morgan fingerprint density at radius 1 is 1.36 bits per heavy atom. The van der Waals surface area contributed by atoms with Crippen LogP contribution in [0.4, 0.5) is 0 Å². The Hall–Kier alpha value is -2.21. The molecule has 6 nitrogen and oxygen atoms in total. The maximum absolute atomic E-state index is 12.1. The van der Waals surface area contributed by atoms with E-state index in [4.69, 9.17) is 21.1 Å². The molecule has 0 spiro atoms. The van der Waals surface area contributed by atoms with Crippen molar-refractivity contribution in [2.45, 2.75) is 26.8 Å². The minimum Gasteiger partial charge on any atom is -0.493 e. The molecule has 0 radical (unpaired) electrons. The van der Waals surface area contributed by atoms with Gasteiger partial charge in [0.25, 0.3) is 0 Å². The van der Waals surface area contributed by atoms with Crippen molar-refractivity contribution in [2.75, 3.05) is 27.3 Å². The van der Waals surface area contributed by atoms with Gasteiger partial charge in [-0.2, -0.15) is 0 Å². The standard InChI is InChI=1S/C18H25ClN2O4/c1-6-25-18-14(19)9-13(10-15(18)24-5)7-8-17(23)21(4)11-16(22)20-12(2)3/h7-10,12H,6,11H2,1-5H3,(H,20,22)/b8-7+. The van der Waals surface area contributed by atoms with Crippen molar-refractivity contribution in [3.05, 3.63) is 28.8 Å². The van der Waals surface area contributed by atoms with E-state index in [2.05, 4.69) is 5.32 Å². The lowest BCUT2D eigenvalue weighted by Gasteiger charge is -2.16. The van der Waals surface area contributed by atoms with E-state index in [1.807, 2.05) is 20.8 Å². The van der Waals surface area contributed by atoms with Crippen molar-refractivity contribution >= 4 is 29.5 Å². The van der Waals surface area contributed by atoms with Gasteiger partial charge >= 0.3 is 0 Å². The molecule has 0 bridgehead atoms. The number of benzene rings is 1. The Labute approximate surface area is 153 Å². The SMILES string of the molecule is CCOc1c(Cl)cc(/C=C/C(=O)N(C)CC(=O)NC(C)C)cc1OC. The number of hydrogen-bond acceptors (Lipinski definition) is 4. The van der Waals surface area contributed by atoms with Crippen LogP contribution in [0, 0.1) is 0 Å². The molecule has 0 aliphatic rings. The molecule has 1 N–H and O–H groups in total. The van der Waals surface area contributed by atoms with Crippen LogP contribution in [0.1, 0.15) is 26.3 Å². The molecular weight excluding hydrogens is 344 g/mol. The summed E-state index contributed by atoms with van der Waals surface area (Å²) < 4.78 is 10.7. The molecule has 0 aliphatic carbocycles. The van der Waals surface area contributed by atoms with Crippen molar-refractivity contribution in [3.63, 3.8) is 0 Å². The first-order chi connectivity index (χ1) is 11.8. The van der Waals surface area contributed by atoms with Crippen LogP contribution >= 0.6 is 11.6 Å². The van der Waals surface area contributed by atoms with Crippen molar-refractivity contribution in [2.24, 2.45) is 0 Å². The van der Waals surface area contributed by atoms with Crippen molar-refractivity contribution in [1.29, 1.82) is 0 Å². The summed E-state index contributed by atoms with van der Waals surface area (Å²) in [7, 11) is 3.09. The lowest BCUT2D eigenvalue weighted by Crippen LogP contribution is -2.40.